The lowest BCUT2D eigenvalue weighted by Gasteiger charge is -1.87. The Morgan fingerprint density at radius 2 is 2.23 bits per heavy atom. The van der Waals surface area contributed by atoms with E-state index < -0.39 is 0 Å². The number of H-pyrrole nitrogens is 1. The summed E-state index contributed by atoms with van der Waals surface area (Å²) in [5.74, 6) is 0.261. The Bertz CT molecular complexity index is 372. The monoisotopic (exact) mass is 181 g/mol. The number of fused-ring (bicyclic) bond motifs is 1. The molecule has 2 aromatic heterocycles. The molecule has 13 heavy (non-hydrogen) atoms. The maximum absolute atomic E-state index is 7.57. The first-order valence-electron chi connectivity index (χ1n) is 3.80. The summed E-state index contributed by atoms with van der Waals surface area (Å²) in [6, 6.07) is 0. The van der Waals surface area contributed by atoms with Gasteiger partial charge in [0.25, 0.3) is 0 Å². The minimum atomic E-state index is 0.250. The van der Waals surface area contributed by atoms with Crippen LogP contribution in [0.1, 0.15) is 6.92 Å². The number of aromatic nitrogens is 4. The van der Waals surface area contributed by atoms with Crippen molar-refractivity contribution in [2.75, 3.05) is 12.3 Å². The van der Waals surface area contributed by atoms with Gasteiger partial charge in [0, 0.05) is 6.61 Å². The molecule has 0 spiro atoms. The number of nitrogens with zero attached hydrogens (tertiary/aromatic N) is 3. The Labute approximate surface area is 74.9 Å². The van der Waals surface area contributed by atoms with Gasteiger partial charge in [-0.05, 0) is 6.92 Å². The first kappa shape index (κ1) is 9.40. The Hall–Kier alpha value is -1.69. The van der Waals surface area contributed by atoms with Gasteiger partial charge in [0.05, 0.1) is 12.5 Å². The third kappa shape index (κ3) is 2.38. The second kappa shape index (κ2) is 4.36. The number of aromatic amines is 1. The van der Waals surface area contributed by atoms with Gasteiger partial charge in [-0.3, -0.25) is 0 Å². The van der Waals surface area contributed by atoms with Crippen molar-refractivity contribution in [2.24, 2.45) is 0 Å². The standard InChI is InChI=1S/C5H5N5.C2H6O/c6-5-7-1-3-4(10-5)9-2-8-3;1-2-3/h1-2H,(H3,6,7,8,9,10);3H,2H2,1H3. The third-order valence-corrected chi connectivity index (χ3v) is 1.19. The van der Waals surface area contributed by atoms with Crippen LogP contribution in [0.5, 0.6) is 0 Å². The van der Waals surface area contributed by atoms with Crippen LogP contribution in [0.3, 0.4) is 0 Å². The van der Waals surface area contributed by atoms with Crippen LogP contribution in [0.15, 0.2) is 12.5 Å². The lowest BCUT2D eigenvalue weighted by Crippen LogP contribution is -1.93. The second-order valence-electron chi connectivity index (χ2n) is 2.18. The lowest BCUT2D eigenvalue weighted by molar-refractivity contribution is 0.318. The van der Waals surface area contributed by atoms with Crippen molar-refractivity contribution in [3.63, 3.8) is 0 Å². The van der Waals surface area contributed by atoms with Gasteiger partial charge < -0.3 is 15.8 Å². The Balaban J connectivity index is 0.000000251. The highest BCUT2D eigenvalue weighted by Crippen LogP contribution is 2.03. The zero-order valence-corrected chi connectivity index (χ0v) is 7.23. The fourth-order valence-corrected chi connectivity index (χ4v) is 0.753. The van der Waals surface area contributed by atoms with Crippen molar-refractivity contribution in [2.45, 2.75) is 6.92 Å². The van der Waals surface area contributed by atoms with Crippen LogP contribution in [0.2, 0.25) is 0 Å². The molecule has 0 amide bonds. The van der Waals surface area contributed by atoms with Gasteiger partial charge in [0.2, 0.25) is 5.95 Å². The third-order valence-electron chi connectivity index (χ3n) is 1.19. The van der Waals surface area contributed by atoms with Gasteiger partial charge in [0.15, 0.2) is 5.65 Å². The van der Waals surface area contributed by atoms with Crippen LogP contribution in [-0.4, -0.2) is 31.6 Å². The molecule has 0 aliphatic rings. The average molecular weight is 181 g/mol. The van der Waals surface area contributed by atoms with Crippen LogP contribution in [0.4, 0.5) is 5.95 Å². The van der Waals surface area contributed by atoms with Crippen molar-refractivity contribution in [3.8, 4) is 0 Å². The zero-order chi connectivity index (χ0) is 9.68. The van der Waals surface area contributed by atoms with Crippen molar-refractivity contribution in [1.82, 2.24) is 19.9 Å². The number of anilines is 1. The molecule has 0 unspecified atom stereocenters. The fraction of sp³-hybridized carbons (Fsp3) is 0.286. The number of hydrogen-bond acceptors (Lipinski definition) is 5. The maximum atomic E-state index is 7.57. The number of aliphatic hydroxyl groups excluding tert-OH is 1. The molecule has 70 valence electrons. The highest BCUT2D eigenvalue weighted by atomic mass is 16.2. The van der Waals surface area contributed by atoms with Gasteiger partial charge in [-0.1, -0.05) is 0 Å². The van der Waals surface area contributed by atoms with Crippen LogP contribution in [0.25, 0.3) is 11.2 Å². The molecule has 0 radical (unpaired) electrons. The molecule has 0 bridgehead atoms. The van der Waals surface area contributed by atoms with Crippen LogP contribution in [-0.2, 0) is 0 Å². The molecule has 2 heterocycles. The van der Waals surface area contributed by atoms with Gasteiger partial charge >= 0.3 is 0 Å². The normalized spacial score (nSPS) is 9.38. The first-order valence-corrected chi connectivity index (χ1v) is 3.80. The molecule has 0 atom stereocenters. The smallest absolute Gasteiger partial charge is 0.222 e. The number of aliphatic hydroxyl groups is 1. The Morgan fingerprint density at radius 1 is 1.54 bits per heavy atom. The fourth-order valence-electron chi connectivity index (χ4n) is 0.753. The van der Waals surface area contributed by atoms with Gasteiger partial charge in [-0.15, -0.1) is 0 Å². The van der Waals surface area contributed by atoms with E-state index in [1.807, 2.05) is 0 Å². The van der Waals surface area contributed by atoms with Crippen molar-refractivity contribution in [1.29, 1.82) is 0 Å². The predicted molar refractivity (Wildman–Crippen MR) is 48.9 cm³/mol. The largest absolute Gasteiger partial charge is 0.397 e. The van der Waals surface area contributed by atoms with Crippen molar-refractivity contribution >= 4 is 17.1 Å². The summed E-state index contributed by atoms with van der Waals surface area (Å²) in [5, 5.41) is 7.57. The van der Waals surface area contributed by atoms with E-state index in [-0.39, 0.29) is 12.6 Å². The second-order valence-corrected chi connectivity index (χ2v) is 2.18. The lowest BCUT2D eigenvalue weighted by atomic mass is 10.6. The number of hydrogen-bond donors (Lipinski definition) is 3. The molecule has 0 aliphatic heterocycles. The van der Waals surface area contributed by atoms with E-state index in [1.165, 1.54) is 0 Å². The summed E-state index contributed by atoms with van der Waals surface area (Å²) in [7, 11) is 0. The molecule has 0 fully saturated rings. The molecule has 0 aliphatic carbocycles. The average Bonchev–Trinajstić information content (AvgIpc) is 2.52. The summed E-state index contributed by atoms with van der Waals surface area (Å²) >= 11 is 0. The van der Waals surface area contributed by atoms with Crippen LogP contribution < -0.4 is 5.73 Å². The number of nitrogens with two attached hydrogens (primary N) is 1. The summed E-state index contributed by atoms with van der Waals surface area (Å²) < 4.78 is 0. The summed E-state index contributed by atoms with van der Waals surface area (Å²) in [4.78, 5) is 14.4. The summed E-state index contributed by atoms with van der Waals surface area (Å²) in [6.45, 7) is 1.93. The van der Waals surface area contributed by atoms with Crippen LogP contribution >= 0.6 is 0 Å². The SMILES string of the molecule is CCO.Nc1ncc2nc[nH]c2n1. The maximum Gasteiger partial charge on any atom is 0.222 e. The minimum absolute atomic E-state index is 0.250. The quantitative estimate of drug-likeness (QED) is 0.528. The van der Waals surface area contributed by atoms with E-state index >= 15 is 0 Å². The molecule has 6 heteroatoms. The molecule has 0 aromatic carbocycles. The number of imidazole rings is 1. The Morgan fingerprint density at radius 3 is 2.92 bits per heavy atom. The molecule has 6 nitrogen and oxygen atoms in total. The van der Waals surface area contributed by atoms with Crippen molar-refractivity contribution < 1.29 is 5.11 Å². The van der Waals surface area contributed by atoms with E-state index in [1.54, 1.807) is 19.4 Å². The summed E-state index contributed by atoms with van der Waals surface area (Å²) in [6.07, 6.45) is 3.13. The van der Waals surface area contributed by atoms with Gasteiger partial charge in [0.1, 0.15) is 5.52 Å². The van der Waals surface area contributed by atoms with E-state index in [0.29, 0.717) is 5.65 Å². The Kier molecular flexibility index (Phi) is 3.15. The first-order chi connectivity index (χ1) is 6.27. The van der Waals surface area contributed by atoms with Crippen molar-refractivity contribution in [3.05, 3.63) is 12.5 Å². The van der Waals surface area contributed by atoms with E-state index in [4.69, 9.17) is 10.8 Å². The number of nitrogens with one attached hydrogen (secondary N) is 1. The molecule has 0 saturated carbocycles. The molecular formula is C7H11N5O. The molecule has 0 saturated heterocycles. The predicted octanol–water partition coefficient (Wildman–Crippen LogP) is -0.0663. The van der Waals surface area contributed by atoms with E-state index in [0.717, 1.165) is 5.52 Å². The van der Waals surface area contributed by atoms with Crippen LogP contribution in [0, 0.1) is 0 Å². The molecule has 2 rings (SSSR count). The van der Waals surface area contributed by atoms with Gasteiger partial charge in [-0.25, -0.2) is 9.97 Å². The molecular weight excluding hydrogens is 170 g/mol. The van der Waals surface area contributed by atoms with E-state index in [2.05, 4.69) is 19.9 Å². The minimum Gasteiger partial charge on any atom is -0.397 e. The van der Waals surface area contributed by atoms with E-state index in [9.17, 15) is 0 Å². The molecule has 2 aromatic rings. The highest BCUT2D eigenvalue weighted by molar-refractivity contribution is 5.69. The van der Waals surface area contributed by atoms with Gasteiger partial charge in [-0.2, -0.15) is 4.98 Å². The zero-order valence-electron chi connectivity index (χ0n) is 7.23. The highest BCUT2D eigenvalue weighted by Gasteiger charge is 1.95. The topological polar surface area (TPSA) is 101 Å². The molecule has 4 N–H and O–H groups in total. The number of nitrogen functional groups attached to an aromatic ring is 1. The summed E-state index contributed by atoms with van der Waals surface area (Å²) in [5.41, 5.74) is 6.72. The number of rotatable bonds is 0.